The third-order valence-corrected chi connectivity index (χ3v) is 7.27. The summed E-state index contributed by atoms with van der Waals surface area (Å²) in [5.74, 6) is -0.257. The fraction of sp³-hybridized carbons (Fsp3) is 0.370. The first-order valence-corrected chi connectivity index (χ1v) is 12.6. The number of ether oxygens (including phenoxy) is 1. The van der Waals surface area contributed by atoms with E-state index in [9.17, 15) is 20.0 Å². The molecule has 1 aliphatic heterocycles. The number of fused-ring (bicyclic) bond motifs is 2. The average molecular weight is 522 g/mol. The van der Waals surface area contributed by atoms with Crippen molar-refractivity contribution in [2.75, 3.05) is 12.4 Å². The number of aromatic amines is 1. The number of carbonyl (C=O) groups is 2. The molecular weight excluding hydrogens is 494 g/mol. The van der Waals surface area contributed by atoms with E-state index >= 15 is 0 Å². The van der Waals surface area contributed by atoms with Crippen LogP contribution in [0.3, 0.4) is 0 Å². The van der Waals surface area contributed by atoms with Gasteiger partial charge in [0, 0.05) is 27.5 Å². The SMILES string of the molecule is COc1cccc2[nH]c(C(=O)NC(CC3CC3)C(=O)NC(C#N)CC3c4cc(Cl)ccc4NC3O)cc12. The van der Waals surface area contributed by atoms with Crippen molar-refractivity contribution in [2.24, 2.45) is 5.92 Å². The number of hydrogen-bond acceptors (Lipinski definition) is 6. The number of amides is 2. The molecule has 0 bridgehead atoms. The molecule has 1 fully saturated rings. The molecule has 0 radical (unpaired) electrons. The molecule has 2 aromatic carbocycles. The highest BCUT2D eigenvalue weighted by molar-refractivity contribution is 6.30. The van der Waals surface area contributed by atoms with E-state index in [-0.39, 0.29) is 6.42 Å². The summed E-state index contributed by atoms with van der Waals surface area (Å²) in [6.45, 7) is 0. The summed E-state index contributed by atoms with van der Waals surface area (Å²) in [4.78, 5) is 29.4. The van der Waals surface area contributed by atoms with Crippen LogP contribution in [0.25, 0.3) is 10.9 Å². The summed E-state index contributed by atoms with van der Waals surface area (Å²) in [7, 11) is 1.57. The van der Waals surface area contributed by atoms with Gasteiger partial charge < -0.3 is 30.8 Å². The van der Waals surface area contributed by atoms with Crippen molar-refractivity contribution in [3.8, 4) is 11.8 Å². The molecule has 2 amide bonds. The lowest BCUT2D eigenvalue weighted by molar-refractivity contribution is -0.123. The van der Waals surface area contributed by atoms with Gasteiger partial charge in [-0.2, -0.15) is 5.26 Å². The molecule has 1 aromatic heterocycles. The van der Waals surface area contributed by atoms with E-state index in [1.54, 1.807) is 31.4 Å². The first kappa shape index (κ1) is 24.9. The fourth-order valence-corrected chi connectivity index (χ4v) is 5.09. The Labute approximate surface area is 219 Å². The van der Waals surface area contributed by atoms with Crippen molar-refractivity contribution >= 4 is 40.0 Å². The van der Waals surface area contributed by atoms with E-state index in [0.717, 1.165) is 35.0 Å². The van der Waals surface area contributed by atoms with Crippen LogP contribution in [0.5, 0.6) is 5.75 Å². The van der Waals surface area contributed by atoms with Crippen LogP contribution in [0.1, 0.15) is 47.7 Å². The van der Waals surface area contributed by atoms with Gasteiger partial charge in [-0.1, -0.05) is 30.5 Å². The molecule has 9 nitrogen and oxygen atoms in total. The monoisotopic (exact) mass is 521 g/mol. The molecule has 0 spiro atoms. The normalized spacial score (nSPS) is 19.8. The minimum Gasteiger partial charge on any atom is -0.496 e. The highest BCUT2D eigenvalue weighted by Gasteiger charge is 2.35. The number of anilines is 1. The van der Waals surface area contributed by atoms with Gasteiger partial charge in [0.05, 0.1) is 13.2 Å². The Hall–Kier alpha value is -3.74. The van der Waals surface area contributed by atoms with Gasteiger partial charge in [0.15, 0.2) is 0 Å². The lowest BCUT2D eigenvalue weighted by atomic mass is 9.93. The van der Waals surface area contributed by atoms with Crippen molar-refractivity contribution < 1.29 is 19.4 Å². The summed E-state index contributed by atoms with van der Waals surface area (Å²) < 4.78 is 5.37. The number of halogens is 1. The molecule has 1 aliphatic carbocycles. The number of nitrogens with one attached hydrogen (secondary N) is 4. The van der Waals surface area contributed by atoms with E-state index in [2.05, 4.69) is 27.0 Å². The van der Waals surface area contributed by atoms with Gasteiger partial charge in [0.25, 0.3) is 5.91 Å². The fourth-order valence-electron chi connectivity index (χ4n) is 4.91. The molecule has 4 atom stereocenters. The molecule has 4 unspecified atom stereocenters. The van der Waals surface area contributed by atoms with Gasteiger partial charge in [-0.3, -0.25) is 9.59 Å². The highest BCUT2D eigenvalue weighted by atomic mass is 35.5. The Morgan fingerprint density at radius 3 is 2.76 bits per heavy atom. The molecular formula is C27H28ClN5O4. The number of aliphatic hydroxyl groups excluding tert-OH is 1. The minimum absolute atomic E-state index is 0.190. The highest BCUT2D eigenvalue weighted by Crippen LogP contribution is 2.39. The van der Waals surface area contributed by atoms with Crippen LogP contribution in [0.4, 0.5) is 5.69 Å². The Balaban J connectivity index is 1.29. The largest absolute Gasteiger partial charge is 0.496 e. The van der Waals surface area contributed by atoms with Crippen molar-refractivity contribution in [3.05, 3.63) is 58.7 Å². The number of benzene rings is 2. The number of rotatable bonds is 9. The number of aliphatic hydroxyl groups is 1. The van der Waals surface area contributed by atoms with E-state index in [4.69, 9.17) is 16.3 Å². The number of carbonyl (C=O) groups excluding carboxylic acids is 2. The Kier molecular flexibility index (Phi) is 6.96. The third-order valence-electron chi connectivity index (χ3n) is 7.04. The zero-order valence-electron chi connectivity index (χ0n) is 20.3. The van der Waals surface area contributed by atoms with E-state index < -0.39 is 36.0 Å². The van der Waals surface area contributed by atoms with Gasteiger partial charge in [-0.25, -0.2) is 0 Å². The summed E-state index contributed by atoms with van der Waals surface area (Å²) in [6.07, 6.45) is 1.79. The Morgan fingerprint density at radius 2 is 2.03 bits per heavy atom. The molecule has 3 aromatic rings. The number of aromatic nitrogens is 1. The minimum atomic E-state index is -0.901. The molecule has 5 rings (SSSR count). The van der Waals surface area contributed by atoms with Crippen LogP contribution in [-0.4, -0.2) is 47.3 Å². The van der Waals surface area contributed by atoms with Crippen LogP contribution in [-0.2, 0) is 4.79 Å². The van der Waals surface area contributed by atoms with Crippen LogP contribution in [0.15, 0.2) is 42.5 Å². The molecule has 10 heteroatoms. The summed E-state index contributed by atoms with van der Waals surface area (Å²) in [6, 6.07) is 12.9. The van der Waals surface area contributed by atoms with E-state index in [0.29, 0.717) is 28.8 Å². The van der Waals surface area contributed by atoms with Crippen molar-refractivity contribution in [1.82, 2.24) is 15.6 Å². The second-order valence-corrected chi connectivity index (χ2v) is 10.1. The maximum atomic E-state index is 13.3. The van der Waals surface area contributed by atoms with Crippen LogP contribution < -0.4 is 20.7 Å². The van der Waals surface area contributed by atoms with E-state index in [1.165, 1.54) is 0 Å². The van der Waals surface area contributed by atoms with Crippen molar-refractivity contribution in [1.29, 1.82) is 5.26 Å². The lowest BCUT2D eigenvalue weighted by Crippen LogP contribution is -2.50. The van der Waals surface area contributed by atoms with Gasteiger partial charge in [0.1, 0.15) is 29.8 Å². The van der Waals surface area contributed by atoms with Crippen LogP contribution >= 0.6 is 11.6 Å². The molecule has 1 saturated carbocycles. The molecule has 0 saturated heterocycles. The average Bonchev–Trinajstić information content (AvgIpc) is 3.51. The summed E-state index contributed by atoms with van der Waals surface area (Å²) in [5.41, 5.74) is 2.62. The summed E-state index contributed by atoms with van der Waals surface area (Å²) >= 11 is 6.13. The Bertz CT molecular complexity index is 1380. The second-order valence-electron chi connectivity index (χ2n) is 9.66. The predicted molar refractivity (Wildman–Crippen MR) is 139 cm³/mol. The number of H-pyrrole nitrogens is 1. The zero-order chi connectivity index (χ0) is 26.1. The van der Waals surface area contributed by atoms with Crippen LogP contribution in [0.2, 0.25) is 5.02 Å². The standard InChI is InChI=1S/C27H28ClN5O4/c1-37-24-4-2-3-20-19(24)12-23(31-20)27(36)33-22(9-14-5-6-14)26(35)30-16(13-29)11-18-17-10-15(28)7-8-21(17)32-25(18)34/h2-4,7-8,10,12,14,16,18,22,25,31-32,34H,5-6,9,11H2,1H3,(H,30,35)(H,33,36). The zero-order valence-corrected chi connectivity index (χ0v) is 21.0. The molecule has 2 aliphatic rings. The van der Waals surface area contributed by atoms with E-state index in [1.807, 2.05) is 18.2 Å². The summed E-state index contributed by atoms with van der Waals surface area (Å²) in [5, 5.41) is 30.2. The van der Waals surface area contributed by atoms with Crippen molar-refractivity contribution in [2.45, 2.75) is 49.9 Å². The topological polar surface area (TPSA) is 139 Å². The molecule has 5 N–H and O–H groups in total. The maximum Gasteiger partial charge on any atom is 0.268 e. The van der Waals surface area contributed by atoms with Crippen LogP contribution in [0, 0.1) is 17.2 Å². The Morgan fingerprint density at radius 1 is 1.22 bits per heavy atom. The second kappa shape index (κ2) is 10.3. The third kappa shape index (κ3) is 5.36. The van der Waals surface area contributed by atoms with Gasteiger partial charge in [-0.15, -0.1) is 0 Å². The van der Waals surface area contributed by atoms with Gasteiger partial charge >= 0.3 is 0 Å². The van der Waals surface area contributed by atoms with Gasteiger partial charge in [0.2, 0.25) is 5.91 Å². The molecule has 2 heterocycles. The molecule has 192 valence electrons. The lowest BCUT2D eigenvalue weighted by Gasteiger charge is -2.23. The first-order chi connectivity index (χ1) is 17.9. The number of nitrogens with zero attached hydrogens (tertiary/aromatic N) is 1. The molecule has 37 heavy (non-hydrogen) atoms. The maximum absolute atomic E-state index is 13.3. The number of nitriles is 1. The smallest absolute Gasteiger partial charge is 0.268 e. The first-order valence-electron chi connectivity index (χ1n) is 12.3. The quantitative estimate of drug-likeness (QED) is 0.291. The number of methoxy groups -OCH3 is 1. The number of hydrogen-bond donors (Lipinski definition) is 5. The predicted octanol–water partition coefficient (Wildman–Crippen LogP) is 3.65. The van der Waals surface area contributed by atoms with Gasteiger partial charge in [-0.05, 0) is 60.7 Å². The van der Waals surface area contributed by atoms with Crippen molar-refractivity contribution in [3.63, 3.8) is 0 Å².